The van der Waals surface area contributed by atoms with Crippen LogP contribution in [0.3, 0.4) is 0 Å². The Morgan fingerprint density at radius 1 is 1.39 bits per heavy atom. The molecule has 0 bridgehead atoms. The number of carbonyl (C=O) groups is 1. The standard InChI is InChI=1S/C15H19N5O3/c1-10-8-12(18-23-10)15(21)20-7-6-11(9-20)22-14-5-4-13(16-17-14)19(2)3/h4-5,8,11H,6-7,9H2,1-3H3/t11-/m0/s1. The minimum atomic E-state index is -0.137. The van der Waals surface area contributed by atoms with E-state index in [9.17, 15) is 4.79 Å². The number of hydrogen-bond donors (Lipinski definition) is 0. The van der Waals surface area contributed by atoms with Gasteiger partial charge < -0.3 is 19.1 Å². The second-order valence-corrected chi connectivity index (χ2v) is 5.73. The van der Waals surface area contributed by atoms with Gasteiger partial charge in [0.1, 0.15) is 11.9 Å². The monoisotopic (exact) mass is 317 g/mol. The van der Waals surface area contributed by atoms with Gasteiger partial charge in [0.25, 0.3) is 5.91 Å². The topological polar surface area (TPSA) is 84.6 Å². The van der Waals surface area contributed by atoms with Crippen LogP contribution in [0.1, 0.15) is 22.7 Å². The Balaban J connectivity index is 1.58. The second kappa shape index (κ2) is 6.23. The fourth-order valence-electron chi connectivity index (χ4n) is 2.42. The van der Waals surface area contributed by atoms with Crippen LogP contribution in [-0.4, -0.2) is 59.4 Å². The zero-order valence-electron chi connectivity index (χ0n) is 13.4. The summed E-state index contributed by atoms with van der Waals surface area (Å²) in [6.07, 6.45) is 0.658. The third-order valence-electron chi connectivity index (χ3n) is 3.65. The fraction of sp³-hybridized carbons (Fsp3) is 0.467. The highest BCUT2D eigenvalue weighted by atomic mass is 16.5. The van der Waals surface area contributed by atoms with Crippen molar-refractivity contribution in [1.82, 2.24) is 20.3 Å². The lowest BCUT2D eigenvalue weighted by molar-refractivity contribution is 0.0760. The van der Waals surface area contributed by atoms with Crippen molar-refractivity contribution in [3.8, 4) is 5.88 Å². The summed E-state index contributed by atoms with van der Waals surface area (Å²) in [5.74, 6) is 1.72. The Morgan fingerprint density at radius 2 is 2.22 bits per heavy atom. The highest BCUT2D eigenvalue weighted by Gasteiger charge is 2.30. The van der Waals surface area contributed by atoms with Crippen molar-refractivity contribution in [3.63, 3.8) is 0 Å². The van der Waals surface area contributed by atoms with Gasteiger partial charge in [-0.15, -0.1) is 10.2 Å². The van der Waals surface area contributed by atoms with Crippen LogP contribution in [0.4, 0.5) is 5.82 Å². The molecule has 0 spiro atoms. The van der Waals surface area contributed by atoms with Crippen molar-refractivity contribution in [3.05, 3.63) is 29.7 Å². The lowest BCUT2D eigenvalue weighted by Crippen LogP contribution is -2.31. The maximum atomic E-state index is 12.3. The van der Waals surface area contributed by atoms with Crippen LogP contribution < -0.4 is 9.64 Å². The number of aryl methyl sites for hydroxylation is 1. The van der Waals surface area contributed by atoms with Crippen molar-refractivity contribution < 1.29 is 14.1 Å². The lowest BCUT2D eigenvalue weighted by Gasteiger charge is -2.16. The molecule has 2 aromatic rings. The number of ether oxygens (including phenoxy) is 1. The molecule has 0 saturated carbocycles. The van der Waals surface area contributed by atoms with Gasteiger partial charge in [-0.1, -0.05) is 5.16 Å². The summed E-state index contributed by atoms with van der Waals surface area (Å²) >= 11 is 0. The molecular formula is C15H19N5O3. The zero-order chi connectivity index (χ0) is 16.4. The maximum Gasteiger partial charge on any atom is 0.276 e. The molecule has 23 heavy (non-hydrogen) atoms. The second-order valence-electron chi connectivity index (χ2n) is 5.73. The van der Waals surface area contributed by atoms with E-state index in [1.165, 1.54) is 0 Å². The molecule has 0 radical (unpaired) electrons. The molecule has 8 nitrogen and oxygen atoms in total. The summed E-state index contributed by atoms with van der Waals surface area (Å²) in [4.78, 5) is 15.9. The third kappa shape index (κ3) is 3.41. The molecule has 0 unspecified atom stereocenters. The van der Waals surface area contributed by atoms with E-state index in [-0.39, 0.29) is 12.0 Å². The van der Waals surface area contributed by atoms with Crippen LogP contribution >= 0.6 is 0 Å². The summed E-state index contributed by atoms with van der Waals surface area (Å²) in [5, 5.41) is 11.9. The van der Waals surface area contributed by atoms with Gasteiger partial charge in [0, 0.05) is 39.2 Å². The number of nitrogens with zero attached hydrogens (tertiary/aromatic N) is 5. The van der Waals surface area contributed by atoms with Crippen LogP contribution in [0.15, 0.2) is 22.7 Å². The van der Waals surface area contributed by atoms with Gasteiger partial charge in [0.2, 0.25) is 5.88 Å². The summed E-state index contributed by atoms with van der Waals surface area (Å²) in [6.45, 7) is 2.89. The SMILES string of the molecule is Cc1cc(C(=O)N2CC[C@H](Oc3ccc(N(C)C)nn3)C2)no1. The van der Waals surface area contributed by atoms with Gasteiger partial charge in [-0.3, -0.25) is 4.79 Å². The number of anilines is 1. The minimum Gasteiger partial charge on any atom is -0.471 e. The molecule has 2 aromatic heterocycles. The van der Waals surface area contributed by atoms with Crippen LogP contribution in [0.25, 0.3) is 0 Å². The van der Waals surface area contributed by atoms with E-state index in [0.29, 0.717) is 30.4 Å². The summed E-state index contributed by atoms with van der Waals surface area (Å²) < 4.78 is 10.7. The normalized spacial score (nSPS) is 17.3. The minimum absolute atomic E-state index is 0.0912. The van der Waals surface area contributed by atoms with Gasteiger partial charge in [-0.25, -0.2) is 0 Å². The molecule has 1 aliphatic heterocycles. The molecule has 0 aliphatic carbocycles. The summed E-state index contributed by atoms with van der Waals surface area (Å²) in [5.41, 5.74) is 0.332. The molecule has 8 heteroatoms. The third-order valence-corrected chi connectivity index (χ3v) is 3.65. The predicted molar refractivity (Wildman–Crippen MR) is 82.5 cm³/mol. The highest BCUT2D eigenvalue weighted by molar-refractivity contribution is 5.92. The van der Waals surface area contributed by atoms with Crippen molar-refractivity contribution in [1.29, 1.82) is 0 Å². The average Bonchev–Trinajstić information content (AvgIpc) is 3.16. The van der Waals surface area contributed by atoms with E-state index in [2.05, 4.69) is 15.4 Å². The molecule has 3 rings (SSSR count). The Bertz CT molecular complexity index is 683. The molecule has 1 atom stereocenters. The Morgan fingerprint density at radius 3 is 2.83 bits per heavy atom. The number of rotatable bonds is 4. The van der Waals surface area contributed by atoms with Crippen molar-refractivity contribution in [2.45, 2.75) is 19.4 Å². The first-order valence-electron chi connectivity index (χ1n) is 7.43. The molecule has 1 fully saturated rings. The molecule has 1 saturated heterocycles. The number of likely N-dealkylation sites (tertiary alicyclic amines) is 1. The highest BCUT2D eigenvalue weighted by Crippen LogP contribution is 2.19. The van der Waals surface area contributed by atoms with E-state index in [1.807, 2.05) is 25.1 Å². The van der Waals surface area contributed by atoms with Gasteiger partial charge in [0.15, 0.2) is 11.5 Å². The first-order valence-corrected chi connectivity index (χ1v) is 7.43. The van der Waals surface area contributed by atoms with Gasteiger partial charge in [-0.2, -0.15) is 0 Å². The molecule has 0 N–H and O–H groups in total. The Hall–Kier alpha value is -2.64. The molecule has 1 aliphatic rings. The smallest absolute Gasteiger partial charge is 0.276 e. The van der Waals surface area contributed by atoms with Crippen LogP contribution in [0.2, 0.25) is 0 Å². The first-order chi connectivity index (χ1) is 11.0. The quantitative estimate of drug-likeness (QED) is 0.835. The first kappa shape index (κ1) is 15.3. The fourth-order valence-corrected chi connectivity index (χ4v) is 2.42. The zero-order valence-corrected chi connectivity index (χ0v) is 13.4. The molecule has 122 valence electrons. The lowest BCUT2D eigenvalue weighted by atomic mass is 10.3. The molecule has 3 heterocycles. The summed E-state index contributed by atoms with van der Waals surface area (Å²) in [7, 11) is 3.80. The number of carbonyl (C=O) groups excluding carboxylic acids is 1. The van der Waals surface area contributed by atoms with E-state index < -0.39 is 0 Å². The van der Waals surface area contributed by atoms with E-state index >= 15 is 0 Å². The van der Waals surface area contributed by atoms with E-state index in [1.54, 1.807) is 24.0 Å². The van der Waals surface area contributed by atoms with E-state index in [4.69, 9.17) is 9.26 Å². The average molecular weight is 317 g/mol. The van der Waals surface area contributed by atoms with Crippen LogP contribution in [0, 0.1) is 6.92 Å². The molecular weight excluding hydrogens is 298 g/mol. The van der Waals surface area contributed by atoms with Gasteiger partial charge in [-0.05, 0) is 13.0 Å². The summed E-state index contributed by atoms with van der Waals surface area (Å²) in [6, 6.07) is 5.27. The largest absolute Gasteiger partial charge is 0.471 e. The molecule has 1 amide bonds. The van der Waals surface area contributed by atoms with Crippen molar-refractivity contribution in [2.24, 2.45) is 0 Å². The maximum absolute atomic E-state index is 12.3. The van der Waals surface area contributed by atoms with Crippen LogP contribution in [-0.2, 0) is 0 Å². The predicted octanol–water partition coefficient (Wildman–Crippen LogP) is 1.13. The van der Waals surface area contributed by atoms with Gasteiger partial charge in [0.05, 0.1) is 6.54 Å². The number of aromatic nitrogens is 3. The number of amides is 1. The Kier molecular flexibility index (Phi) is 4.14. The molecule has 0 aromatic carbocycles. The Labute approximate surface area is 134 Å². The van der Waals surface area contributed by atoms with Crippen molar-refractivity contribution in [2.75, 3.05) is 32.1 Å². The van der Waals surface area contributed by atoms with E-state index in [0.717, 1.165) is 12.2 Å². The van der Waals surface area contributed by atoms with Gasteiger partial charge >= 0.3 is 0 Å². The van der Waals surface area contributed by atoms with Crippen molar-refractivity contribution >= 4 is 11.7 Å². The van der Waals surface area contributed by atoms with Crippen LogP contribution in [0.5, 0.6) is 5.88 Å². The number of hydrogen-bond acceptors (Lipinski definition) is 7.